The summed E-state index contributed by atoms with van der Waals surface area (Å²) < 4.78 is 36.3. The Bertz CT molecular complexity index is 686. The minimum atomic E-state index is -3.07. The average molecular weight is 326 g/mol. The van der Waals surface area contributed by atoms with E-state index < -0.39 is 9.84 Å². The quantitative estimate of drug-likeness (QED) is 0.619. The lowest BCUT2D eigenvalue weighted by atomic mass is 10.2. The third kappa shape index (κ3) is 4.14. The Balaban J connectivity index is 2.14. The van der Waals surface area contributed by atoms with Crippen LogP contribution < -0.4 is 0 Å². The second-order valence-corrected chi connectivity index (χ2v) is 7.70. The van der Waals surface area contributed by atoms with Crippen molar-refractivity contribution in [2.45, 2.75) is 12.5 Å². The summed E-state index contributed by atoms with van der Waals surface area (Å²) in [7, 11) is 0.312. The van der Waals surface area contributed by atoms with E-state index in [1.54, 1.807) is 31.2 Å². The van der Waals surface area contributed by atoms with Gasteiger partial charge in [0.1, 0.15) is 5.82 Å². The summed E-state index contributed by atoms with van der Waals surface area (Å²) in [5.41, 5.74) is 0.575. The second-order valence-electron chi connectivity index (χ2n) is 5.48. The lowest BCUT2D eigenvalue weighted by molar-refractivity contribution is -0.143. The van der Waals surface area contributed by atoms with Crippen LogP contribution in [-0.2, 0) is 14.6 Å². The largest absolute Gasteiger partial charge is 0.268 e. The van der Waals surface area contributed by atoms with Crippen molar-refractivity contribution in [1.82, 2.24) is 10.0 Å². The Morgan fingerprint density at radius 1 is 1.36 bits per heavy atom. The molecular formula is C15H19FN2O3S. The van der Waals surface area contributed by atoms with E-state index in [0.29, 0.717) is 12.0 Å². The normalized spacial score (nSPS) is 20.6. The molecule has 1 amide bonds. The minimum absolute atomic E-state index is 0.0231. The molecule has 0 N–H and O–H groups in total. The zero-order valence-electron chi connectivity index (χ0n) is 12.6. The standard InChI is InChI=1S/C15H19FN2O3S/c1-17(2)18(14-8-9-22(20,21)11-14)15(19)7-6-12-4-3-5-13(16)10-12/h3-7,10,14H,8-9,11H2,1-2H3. The van der Waals surface area contributed by atoms with Gasteiger partial charge in [-0.3, -0.25) is 9.80 Å². The molecule has 1 unspecified atom stereocenters. The van der Waals surface area contributed by atoms with Gasteiger partial charge in [0, 0.05) is 20.2 Å². The van der Waals surface area contributed by atoms with Crippen LogP contribution in [0.5, 0.6) is 0 Å². The number of nitrogens with zero attached hydrogens (tertiary/aromatic N) is 2. The van der Waals surface area contributed by atoms with E-state index in [9.17, 15) is 17.6 Å². The summed E-state index contributed by atoms with van der Waals surface area (Å²) in [4.78, 5) is 12.3. The van der Waals surface area contributed by atoms with Gasteiger partial charge in [-0.05, 0) is 30.2 Å². The molecule has 0 saturated carbocycles. The van der Waals surface area contributed by atoms with E-state index >= 15 is 0 Å². The van der Waals surface area contributed by atoms with E-state index in [1.165, 1.54) is 29.3 Å². The van der Waals surface area contributed by atoms with Crippen molar-refractivity contribution >= 4 is 21.8 Å². The van der Waals surface area contributed by atoms with Crippen molar-refractivity contribution in [2.24, 2.45) is 0 Å². The Kier molecular flexibility index (Phi) is 4.97. The molecule has 0 aromatic heterocycles. The van der Waals surface area contributed by atoms with E-state index in [0.717, 1.165) is 0 Å². The highest BCUT2D eigenvalue weighted by atomic mass is 32.2. The van der Waals surface area contributed by atoms with Gasteiger partial charge in [-0.2, -0.15) is 0 Å². The molecular weight excluding hydrogens is 307 g/mol. The Labute approximate surface area is 129 Å². The highest BCUT2D eigenvalue weighted by molar-refractivity contribution is 7.91. The molecule has 1 heterocycles. The minimum Gasteiger partial charge on any atom is -0.268 e. The van der Waals surface area contributed by atoms with Gasteiger partial charge in [-0.25, -0.2) is 17.8 Å². The smallest absolute Gasteiger partial charge is 0.261 e. The number of carbonyl (C=O) groups excluding carboxylic acids is 1. The molecule has 0 bridgehead atoms. The number of halogens is 1. The molecule has 1 aromatic carbocycles. The fourth-order valence-electron chi connectivity index (χ4n) is 2.53. The van der Waals surface area contributed by atoms with Crippen molar-refractivity contribution < 1.29 is 17.6 Å². The van der Waals surface area contributed by atoms with Crippen LogP contribution in [-0.4, -0.2) is 56.0 Å². The molecule has 22 heavy (non-hydrogen) atoms. The van der Waals surface area contributed by atoms with Crippen molar-refractivity contribution in [3.8, 4) is 0 Å². The van der Waals surface area contributed by atoms with E-state index in [-0.39, 0.29) is 29.3 Å². The SMILES string of the molecule is CN(C)N(C(=O)C=Cc1cccc(F)c1)C1CCS(=O)(=O)C1. The summed E-state index contributed by atoms with van der Waals surface area (Å²) in [6, 6.07) is 5.54. The number of hydrazine groups is 1. The van der Waals surface area contributed by atoms with Crippen LogP contribution in [0.15, 0.2) is 30.3 Å². The van der Waals surface area contributed by atoms with Crippen molar-refractivity contribution in [3.63, 3.8) is 0 Å². The van der Waals surface area contributed by atoms with Crippen LogP contribution >= 0.6 is 0 Å². The molecule has 2 rings (SSSR count). The molecule has 1 saturated heterocycles. The molecule has 0 spiro atoms. The second kappa shape index (κ2) is 6.58. The lowest BCUT2D eigenvalue weighted by Gasteiger charge is -2.32. The van der Waals surface area contributed by atoms with Gasteiger partial charge in [-0.15, -0.1) is 0 Å². The predicted octanol–water partition coefficient (Wildman–Crippen LogP) is 1.33. The van der Waals surface area contributed by atoms with E-state index in [4.69, 9.17) is 0 Å². The number of rotatable bonds is 4. The summed E-state index contributed by atoms with van der Waals surface area (Å²) in [5.74, 6) is -0.620. The van der Waals surface area contributed by atoms with Gasteiger partial charge in [0.2, 0.25) is 0 Å². The predicted molar refractivity (Wildman–Crippen MR) is 83.0 cm³/mol. The fourth-order valence-corrected chi connectivity index (χ4v) is 4.22. The fraction of sp³-hybridized carbons (Fsp3) is 0.400. The van der Waals surface area contributed by atoms with E-state index in [1.807, 2.05) is 0 Å². The van der Waals surface area contributed by atoms with Gasteiger partial charge >= 0.3 is 0 Å². The molecule has 5 nitrogen and oxygen atoms in total. The van der Waals surface area contributed by atoms with Crippen molar-refractivity contribution in [3.05, 3.63) is 41.7 Å². The number of carbonyl (C=O) groups is 1. The number of benzene rings is 1. The summed E-state index contributed by atoms with van der Waals surface area (Å²) in [6.07, 6.45) is 3.28. The van der Waals surface area contributed by atoms with Crippen LogP contribution in [0.4, 0.5) is 4.39 Å². The first kappa shape index (κ1) is 16.6. The summed E-state index contributed by atoms with van der Waals surface area (Å²) >= 11 is 0. The van der Waals surface area contributed by atoms with Gasteiger partial charge in [-0.1, -0.05) is 12.1 Å². The monoisotopic (exact) mass is 326 g/mol. The van der Waals surface area contributed by atoms with E-state index in [2.05, 4.69) is 0 Å². The molecule has 0 radical (unpaired) electrons. The van der Waals surface area contributed by atoms with Crippen LogP contribution in [0.3, 0.4) is 0 Å². The van der Waals surface area contributed by atoms with Crippen LogP contribution in [0.2, 0.25) is 0 Å². The first-order chi connectivity index (χ1) is 10.3. The molecule has 120 valence electrons. The van der Waals surface area contributed by atoms with Crippen LogP contribution in [0.25, 0.3) is 6.08 Å². The molecule has 1 aliphatic heterocycles. The zero-order chi connectivity index (χ0) is 16.3. The Hall–Kier alpha value is -1.73. The first-order valence-electron chi connectivity index (χ1n) is 6.93. The van der Waals surface area contributed by atoms with Crippen LogP contribution in [0.1, 0.15) is 12.0 Å². The maximum atomic E-state index is 13.1. The lowest BCUT2D eigenvalue weighted by Crippen LogP contribution is -2.48. The maximum absolute atomic E-state index is 13.1. The number of hydrogen-bond donors (Lipinski definition) is 0. The third-order valence-corrected chi connectivity index (χ3v) is 5.23. The highest BCUT2D eigenvalue weighted by Gasteiger charge is 2.35. The molecule has 0 aliphatic carbocycles. The molecule has 1 aromatic rings. The van der Waals surface area contributed by atoms with Gasteiger partial charge in [0.25, 0.3) is 5.91 Å². The first-order valence-corrected chi connectivity index (χ1v) is 8.75. The van der Waals surface area contributed by atoms with Gasteiger partial charge in [0.15, 0.2) is 9.84 Å². The number of hydrogen-bond acceptors (Lipinski definition) is 4. The number of amides is 1. The molecule has 1 fully saturated rings. The zero-order valence-corrected chi connectivity index (χ0v) is 13.4. The maximum Gasteiger partial charge on any atom is 0.261 e. The van der Waals surface area contributed by atoms with Crippen LogP contribution in [0, 0.1) is 5.82 Å². The van der Waals surface area contributed by atoms with Gasteiger partial charge in [0.05, 0.1) is 17.5 Å². The van der Waals surface area contributed by atoms with Gasteiger partial charge < -0.3 is 0 Å². The highest BCUT2D eigenvalue weighted by Crippen LogP contribution is 2.19. The topological polar surface area (TPSA) is 57.7 Å². The van der Waals surface area contributed by atoms with Crippen molar-refractivity contribution in [2.75, 3.05) is 25.6 Å². The Morgan fingerprint density at radius 2 is 2.09 bits per heavy atom. The third-order valence-electron chi connectivity index (χ3n) is 3.48. The molecule has 1 atom stereocenters. The summed E-state index contributed by atoms with van der Waals surface area (Å²) in [6.45, 7) is 0. The molecule has 1 aliphatic rings. The number of sulfone groups is 1. The Morgan fingerprint density at radius 3 is 2.64 bits per heavy atom. The average Bonchev–Trinajstić information content (AvgIpc) is 2.76. The molecule has 7 heteroatoms. The summed E-state index contributed by atoms with van der Waals surface area (Å²) in [5, 5.41) is 3.02. The van der Waals surface area contributed by atoms with Crippen molar-refractivity contribution in [1.29, 1.82) is 0 Å².